The summed E-state index contributed by atoms with van der Waals surface area (Å²) in [6, 6.07) is 24.6. The Morgan fingerprint density at radius 3 is 2.21 bits per heavy atom. The van der Waals surface area contributed by atoms with E-state index in [-0.39, 0.29) is 18.0 Å². The molecule has 0 aliphatic carbocycles. The first-order chi connectivity index (χ1) is 16.6. The number of carbonyl (C=O) groups is 1. The van der Waals surface area contributed by atoms with Gasteiger partial charge in [0, 0.05) is 19.1 Å². The minimum atomic E-state index is -0.0305. The predicted octanol–water partition coefficient (Wildman–Crippen LogP) is 4.94. The Labute approximate surface area is 202 Å². The number of hydrogen-bond donors (Lipinski definition) is 1. The van der Waals surface area contributed by atoms with Gasteiger partial charge in [-0.15, -0.1) is 0 Å². The predicted molar refractivity (Wildman–Crippen MR) is 135 cm³/mol. The lowest BCUT2D eigenvalue weighted by atomic mass is 9.86. The molecule has 4 rings (SSSR count). The van der Waals surface area contributed by atoms with Crippen LogP contribution in [0.4, 0.5) is 0 Å². The number of hydrogen-bond acceptors (Lipinski definition) is 4. The van der Waals surface area contributed by atoms with Gasteiger partial charge in [0.25, 0.3) is 0 Å². The van der Waals surface area contributed by atoms with Crippen molar-refractivity contribution in [1.82, 2.24) is 10.2 Å². The molecular weight excluding hydrogens is 424 g/mol. The van der Waals surface area contributed by atoms with Gasteiger partial charge in [0.2, 0.25) is 5.91 Å². The quantitative estimate of drug-likeness (QED) is 0.493. The van der Waals surface area contributed by atoms with Crippen molar-refractivity contribution in [2.75, 3.05) is 20.8 Å². The van der Waals surface area contributed by atoms with Gasteiger partial charge in [-0.1, -0.05) is 67.6 Å². The summed E-state index contributed by atoms with van der Waals surface area (Å²) in [5.74, 6) is 1.52. The molecule has 0 spiro atoms. The second kappa shape index (κ2) is 11.2. The lowest BCUT2D eigenvalue weighted by Crippen LogP contribution is -2.48. The highest BCUT2D eigenvalue weighted by atomic mass is 16.5. The zero-order valence-electron chi connectivity index (χ0n) is 20.3. The molecule has 5 heteroatoms. The molecule has 0 aromatic heterocycles. The van der Waals surface area contributed by atoms with Crippen molar-refractivity contribution in [3.63, 3.8) is 0 Å². The van der Waals surface area contributed by atoms with Crippen LogP contribution in [-0.4, -0.2) is 37.6 Å². The molecular formula is C29H34N2O3. The van der Waals surface area contributed by atoms with E-state index in [2.05, 4.69) is 53.5 Å². The van der Waals surface area contributed by atoms with Crippen molar-refractivity contribution in [2.24, 2.45) is 0 Å². The van der Waals surface area contributed by atoms with Crippen LogP contribution < -0.4 is 14.8 Å². The molecule has 1 heterocycles. The number of fused-ring (bicyclic) bond motifs is 1. The number of benzene rings is 3. The summed E-state index contributed by atoms with van der Waals surface area (Å²) in [4.78, 5) is 15.5. The summed E-state index contributed by atoms with van der Waals surface area (Å²) >= 11 is 0. The molecule has 3 aromatic carbocycles. The van der Waals surface area contributed by atoms with E-state index < -0.39 is 0 Å². The summed E-state index contributed by atoms with van der Waals surface area (Å²) in [5.41, 5.74) is 4.74. The second-order valence-electron chi connectivity index (χ2n) is 8.80. The first-order valence-corrected chi connectivity index (χ1v) is 12.0. The van der Waals surface area contributed by atoms with Gasteiger partial charge in [0.05, 0.1) is 26.7 Å². The maximum atomic E-state index is 13.1. The smallest absolute Gasteiger partial charge is 0.224 e. The van der Waals surface area contributed by atoms with Crippen LogP contribution in [0.2, 0.25) is 0 Å². The van der Waals surface area contributed by atoms with Crippen LogP contribution in [0.15, 0.2) is 72.8 Å². The van der Waals surface area contributed by atoms with Gasteiger partial charge in [0.15, 0.2) is 11.5 Å². The van der Waals surface area contributed by atoms with Crippen molar-refractivity contribution in [2.45, 2.75) is 44.8 Å². The Hall–Kier alpha value is -3.31. The Bertz CT molecular complexity index is 1090. The largest absolute Gasteiger partial charge is 0.493 e. The van der Waals surface area contributed by atoms with Crippen LogP contribution in [0.1, 0.15) is 41.6 Å². The highest BCUT2D eigenvalue weighted by molar-refractivity contribution is 5.79. The van der Waals surface area contributed by atoms with Crippen LogP contribution in [-0.2, 0) is 24.2 Å². The molecule has 0 unspecified atom stereocenters. The molecule has 1 amide bonds. The molecule has 1 N–H and O–H groups in total. The summed E-state index contributed by atoms with van der Waals surface area (Å²) in [6.07, 6.45) is 2.12. The average molecular weight is 459 g/mol. The zero-order chi connectivity index (χ0) is 23.9. The molecule has 3 aromatic rings. The van der Waals surface area contributed by atoms with E-state index in [9.17, 15) is 4.79 Å². The number of carbonyl (C=O) groups excluding carboxylic acids is 1. The number of methoxy groups -OCH3 is 2. The van der Waals surface area contributed by atoms with Crippen LogP contribution in [0.25, 0.3) is 0 Å². The molecule has 5 nitrogen and oxygen atoms in total. The van der Waals surface area contributed by atoms with E-state index in [1.165, 1.54) is 16.7 Å². The Morgan fingerprint density at radius 2 is 1.59 bits per heavy atom. The second-order valence-corrected chi connectivity index (χ2v) is 8.80. The van der Waals surface area contributed by atoms with E-state index in [0.717, 1.165) is 43.0 Å². The van der Waals surface area contributed by atoms with Crippen LogP contribution in [0.3, 0.4) is 0 Å². The van der Waals surface area contributed by atoms with Crippen molar-refractivity contribution in [3.8, 4) is 11.5 Å². The number of ether oxygens (including phenoxy) is 2. The third-order valence-electron chi connectivity index (χ3n) is 6.63. The molecule has 0 bridgehead atoms. The van der Waals surface area contributed by atoms with E-state index in [0.29, 0.717) is 6.42 Å². The van der Waals surface area contributed by atoms with Gasteiger partial charge in [-0.25, -0.2) is 0 Å². The van der Waals surface area contributed by atoms with E-state index in [4.69, 9.17) is 9.47 Å². The van der Waals surface area contributed by atoms with E-state index in [1.807, 2.05) is 36.4 Å². The van der Waals surface area contributed by atoms with Gasteiger partial charge in [0.1, 0.15) is 0 Å². The molecule has 34 heavy (non-hydrogen) atoms. The maximum absolute atomic E-state index is 13.1. The molecule has 2 atom stereocenters. The summed E-state index contributed by atoms with van der Waals surface area (Å²) in [7, 11) is 3.34. The third-order valence-corrected chi connectivity index (χ3v) is 6.63. The van der Waals surface area contributed by atoms with Crippen molar-refractivity contribution < 1.29 is 14.3 Å². The van der Waals surface area contributed by atoms with Crippen LogP contribution in [0.5, 0.6) is 11.5 Å². The molecule has 0 saturated carbocycles. The van der Waals surface area contributed by atoms with Gasteiger partial charge in [-0.05, 0) is 47.2 Å². The fraction of sp³-hybridized carbons (Fsp3) is 0.345. The number of nitrogens with one attached hydrogen (secondary N) is 1. The number of amides is 1. The lowest BCUT2D eigenvalue weighted by molar-refractivity contribution is -0.121. The Morgan fingerprint density at radius 1 is 0.971 bits per heavy atom. The fourth-order valence-electron chi connectivity index (χ4n) is 4.94. The molecule has 0 saturated heterocycles. The average Bonchev–Trinajstić information content (AvgIpc) is 2.87. The van der Waals surface area contributed by atoms with Crippen LogP contribution >= 0.6 is 0 Å². The summed E-state index contributed by atoms with van der Waals surface area (Å²) < 4.78 is 11.2. The summed E-state index contributed by atoms with van der Waals surface area (Å²) in [6.45, 7) is 3.88. The standard InChI is InChI=1S/C29H34N2O3/c1-4-25(30-28(32)17-21-11-7-5-8-12-21)29-24-19-27(34-3)26(33-2)18-23(24)15-16-31(29)20-22-13-9-6-10-14-22/h5-14,18-19,25,29H,4,15-17,20H2,1-3H3,(H,30,32)/t25-,29-/m1/s1. The van der Waals surface area contributed by atoms with Gasteiger partial charge < -0.3 is 14.8 Å². The van der Waals surface area contributed by atoms with Crippen molar-refractivity contribution >= 4 is 5.91 Å². The molecule has 178 valence electrons. The Balaban J connectivity index is 1.66. The minimum absolute atomic E-state index is 0.0305. The monoisotopic (exact) mass is 458 g/mol. The van der Waals surface area contributed by atoms with E-state index >= 15 is 0 Å². The highest BCUT2D eigenvalue weighted by Crippen LogP contribution is 2.40. The minimum Gasteiger partial charge on any atom is -0.493 e. The van der Waals surface area contributed by atoms with Crippen molar-refractivity contribution in [1.29, 1.82) is 0 Å². The number of nitrogens with zero attached hydrogens (tertiary/aromatic N) is 1. The zero-order valence-corrected chi connectivity index (χ0v) is 20.3. The highest BCUT2D eigenvalue weighted by Gasteiger charge is 2.35. The van der Waals surface area contributed by atoms with Gasteiger partial charge in [-0.2, -0.15) is 0 Å². The third kappa shape index (κ3) is 5.42. The molecule has 1 aliphatic heterocycles. The van der Waals surface area contributed by atoms with Crippen LogP contribution in [0, 0.1) is 0 Å². The van der Waals surface area contributed by atoms with Gasteiger partial charge >= 0.3 is 0 Å². The summed E-state index contributed by atoms with van der Waals surface area (Å²) in [5, 5.41) is 3.35. The normalized spacial score (nSPS) is 16.4. The lowest BCUT2D eigenvalue weighted by Gasteiger charge is -2.42. The Kier molecular flexibility index (Phi) is 7.86. The maximum Gasteiger partial charge on any atom is 0.224 e. The van der Waals surface area contributed by atoms with Gasteiger partial charge in [-0.3, -0.25) is 9.69 Å². The fourth-order valence-corrected chi connectivity index (χ4v) is 4.94. The first kappa shape index (κ1) is 23.8. The van der Waals surface area contributed by atoms with Crippen molar-refractivity contribution in [3.05, 3.63) is 95.1 Å². The topological polar surface area (TPSA) is 50.8 Å². The SMILES string of the molecule is CC[C@@H](NC(=O)Cc1ccccc1)[C@H]1c2cc(OC)c(OC)cc2CCN1Cc1ccccc1. The molecule has 0 fully saturated rings. The number of rotatable bonds is 9. The molecule has 0 radical (unpaired) electrons. The van der Waals surface area contributed by atoms with E-state index in [1.54, 1.807) is 14.2 Å². The first-order valence-electron chi connectivity index (χ1n) is 12.0. The molecule has 1 aliphatic rings.